The number of benzene rings is 4. The molecule has 0 aromatic heterocycles. The van der Waals surface area contributed by atoms with Gasteiger partial charge in [-0.1, -0.05) is 410 Å². The molecule has 0 N–H and O–H groups in total. The van der Waals surface area contributed by atoms with Crippen LogP contribution in [0.3, 0.4) is 0 Å². The fourth-order valence-corrected chi connectivity index (χ4v) is 15.5. The minimum absolute atomic E-state index is 0. The van der Waals surface area contributed by atoms with Crippen LogP contribution in [0.2, 0.25) is 0 Å². The van der Waals surface area contributed by atoms with Crippen LogP contribution in [0.1, 0.15) is 410 Å². The van der Waals surface area contributed by atoms with Gasteiger partial charge in [-0.2, -0.15) is 0 Å². The molecule has 0 unspecified atom stereocenters. The molecular weight excluding hydrogens is 1310 g/mol. The summed E-state index contributed by atoms with van der Waals surface area (Å²) in [4.78, 5) is -0.148. The van der Waals surface area contributed by atoms with Crippen LogP contribution in [0.4, 0.5) is 0 Å². The van der Waals surface area contributed by atoms with Crippen molar-refractivity contribution in [2.45, 2.75) is 423 Å². The van der Waals surface area contributed by atoms with E-state index in [-0.39, 0.29) is 58.7 Å². The van der Waals surface area contributed by atoms with Crippen LogP contribution < -0.4 is 0 Å². The number of unbranched alkanes of at least 4 members (excludes halogenated alkanes) is 52. The molecule has 0 spiro atoms. The Morgan fingerprint density at radius 2 is 0.409 bits per heavy atom. The van der Waals surface area contributed by atoms with E-state index in [0.29, 0.717) is 10.8 Å². The van der Waals surface area contributed by atoms with Crippen molar-refractivity contribution in [3.63, 3.8) is 0 Å². The summed E-state index contributed by atoms with van der Waals surface area (Å²) >= 11 is 0. The van der Waals surface area contributed by atoms with Gasteiger partial charge in [-0.25, -0.2) is 16.8 Å². The Labute approximate surface area is 616 Å². The molecule has 93 heavy (non-hydrogen) atoms. The molecule has 4 aromatic rings. The summed E-state index contributed by atoms with van der Waals surface area (Å²) < 4.78 is 72.0. The van der Waals surface area contributed by atoms with E-state index < -0.39 is 20.2 Å². The van der Waals surface area contributed by atoms with E-state index in [4.69, 9.17) is 0 Å². The van der Waals surface area contributed by atoms with Crippen LogP contribution in [-0.2, 0) is 45.9 Å². The van der Waals surface area contributed by atoms with E-state index in [1.54, 1.807) is 0 Å². The van der Waals surface area contributed by atoms with Gasteiger partial charge in [0.25, 0.3) is 0 Å². The van der Waals surface area contributed by atoms with Gasteiger partial charge in [0.05, 0.1) is 9.79 Å². The van der Waals surface area contributed by atoms with E-state index in [2.05, 4.69) is 39.8 Å². The number of fused-ring (bicyclic) bond motifs is 2. The zero-order valence-electron chi connectivity index (χ0n) is 61.2. The second kappa shape index (κ2) is 59.6. The quantitative estimate of drug-likeness (QED) is 0.0247. The first-order valence-electron chi connectivity index (χ1n) is 39.9. The molecule has 0 aliphatic carbocycles. The van der Waals surface area contributed by atoms with Crippen molar-refractivity contribution < 1.29 is 25.9 Å². The summed E-state index contributed by atoms with van der Waals surface area (Å²) in [5.41, 5.74) is 4.89. The molecule has 0 atom stereocenters. The van der Waals surface area contributed by atoms with Crippen LogP contribution in [0, 0.1) is 0 Å². The van der Waals surface area contributed by atoms with Crippen LogP contribution in [0.25, 0.3) is 21.5 Å². The van der Waals surface area contributed by atoms with Gasteiger partial charge in [-0.05, 0) is 107 Å². The van der Waals surface area contributed by atoms with Gasteiger partial charge in [0, 0.05) is 0 Å². The Morgan fingerprint density at radius 1 is 0.226 bits per heavy atom. The molecule has 0 radical (unpaired) electrons. The van der Waals surface area contributed by atoms with E-state index >= 15 is 0 Å². The Morgan fingerprint density at radius 3 is 0.602 bits per heavy atom. The minimum atomic E-state index is -4.50. The maximum absolute atomic E-state index is 12.0. The van der Waals surface area contributed by atoms with Crippen LogP contribution in [0.15, 0.2) is 70.5 Å². The third kappa shape index (κ3) is 44.5. The van der Waals surface area contributed by atoms with E-state index in [1.807, 2.05) is 36.4 Å². The Kier molecular flexibility index (Phi) is 56.4. The number of hydrogen-bond acceptors (Lipinski definition) is 6. The van der Waals surface area contributed by atoms with Crippen LogP contribution in [-0.4, -0.2) is 74.8 Å². The SMILES string of the molecule is CCCCCCCCCCCCCCCCc1ccc2c(S(=O)(=O)[O-])ccc(CCCCCCCCCCCCCCCC)c2c1.CCCCCCCCCCCCCCCCc1ccc2c(S(=O)(=O)[O-])ccc(CCCCCCCCCCCCCCCC)c2c1.[Ba+2]. The molecule has 4 aromatic carbocycles. The molecule has 0 saturated carbocycles. The standard InChI is InChI=1S/2C42H72O3S.Ba/c2*1-3-5-7-9-11-13-15-17-19-21-23-25-27-29-31-38-33-35-40-41(37-38)39(34-36-42(40)46(43,44)45)32-30-28-26-24-22-20-18-16-14-12-10-8-6-4-2;/h2*33-37H,3-32H2,1-2H3,(H,43,44,45);/q;;+2/p-2. The average molecular weight is 1450 g/mol. The van der Waals surface area contributed by atoms with Gasteiger partial charge in [0.15, 0.2) is 0 Å². The van der Waals surface area contributed by atoms with Gasteiger partial charge in [0.1, 0.15) is 20.2 Å². The summed E-state index contributed by atoms with van der Waals surface area (Å²) in [6, 6.07) is 19.1. The van der Waals surface area contributed by atoms with Crippen molar-refractivity contribution in [3.8, 4) is 0 Å². The molecule has 6 nitrogen and oxygen atoms in total. The largest absolute Gasteiger partial charge is 2.00 e. The first-order chi connectivity index (χ1) is 44.9. The van der Waals surface area contributed by atoms with Gasteiger partial charge >= 0.3 is 48.9 Å². The normalized spacial score (nSPS) is 11.8. The maximum atomic E-state index is 12.0. The topological polar surface area (TPSA) is 114 Å². The third-order valence-corrected chi connectivity index (χ3v) is 21.8. The van der Waals surface area contributed by atoms with Crippen molar-refractivity contribution in [1.82, 2.24) is 0 Å². The van der Waals surface area contributed by atoms with Gasteiger partial charge in [-0.3, -0.25) is 0 Å². The third-order valence-electron chi connectivity index (χ3n) is 20.0. The van der Waals surface area contributed by atoms with Crippen LogP contribution in [0.5, 0.6) is 0 Å². The summed E-state index contributed by atoms with van der Waals surface area (Å²) in [6.45, 7) is 9.12. The van der Waals surface area contributed by atoms with E-state index in [9.17, 15) is 25.9 Å². The van der Waals surface area contributed by atoms with Crippen molar-refractivity contribution >= 4 is 90.7 Å². The van der Waals surface area contributed by atoms with Crippen LogP contribution >= 0.6 is 0 Å². The van der Waals surface area contributed by atoms with Gasteiger partial charge < -0.3 is 9.11 Å². The molecule has 0 aliphatic rings. The van der Waals surface area contributed by atoms with E-state index in [0.717, 1.165) is 62.1 Å². The molecule has 9 heteroatoms. The van der Waals surface area contributed by atoms with E-state index in [1.165, 1.54) is 368 Å². The average Bonchev–Trinajstić information content (AvgIpc) is 0.795. The Bertz CT molecular complexity index is 2430. The minimum Gasteiger partial charge on any atom is -0.744 e. The number of rotatable bonds is 62. The number of hydrogen-bond donors (Lipinski definition) is 0. The molecule has 0 aliphatic heterocycles. The zero-order chi connectivity index (χ0) is 66.3. The van der Waals surface area contributed by atoms with Gasteiger partial charge in [-0.15, -0.1) is 0 Å². The molecule has 528 valence electrons. The molecule has 0 fully saturated rings. The monoisotopic (exact) mass is 1450 g/mol. The zero-order valence-corrected chi connectivity index (χ0v) is 67.2. The molecule has 0 amide bonds. The fourth-order valence-electron chi connectivity index (χ4n) is 14.1. The first kappa shape index (κ1) is 87.9. The second-order valence-electron chi connectivity index (χ2n) is 28.5. The van der Waals surface area contributed by atoms with Crippen molar-refractivity contribution in [3.05, 3.63) is 82.9 Å². The summed E-state index contributed by atoms with van der Waals surface area (Å²) in [7, 11) is -9.00. The Hall–Kier alpha value is -1.21. The molecular formula is C84H142BaO6S2. The van der Waals surface area contributed by atoms with Crippen molar-refractivity contribution in [2.24, 2.45) is 0 Å². The smallest absolute Gasteiger partial charge is 0.744 e. The molecule has 4 rings (SSSR count). The van der Waals surface area contributed by atoms with Crippen molar-refractivity contribution in [2.75, 3.05) is 0 Å². The predicted octanol–water partition coefficient (Wildman–Crippen LogP) is 27.2. The summed E-state index contributed by atoms with van der Waals surface area (Å²) in [6.07, 6.45) is 79.4. The first-order valence-corrected chi connectivity index (χ1v) is 42.8. The van der Waals surface area contributed by atoms with Crippen molar-refractivity contribution in [1.29, 1.82) is 0 Å². The molecule has 0 heterocycles. The molecule has 0 bridgehead atoms. The molecule has 0 saturated heterocycles. The Balaban J connectivity index is 0.000000627. The second-order valence-corrected chi connectivity index (χ2v) is 31.2. The van der Waals surface area contributed by atoms with Gasteiger partial charge in [0.2, 0.25) is 0 Å². The number of aryl methyl sites for hydroxylation is 4. The predicted molar refractivity (Wildman–Crippen MR) is 406 cm³/mol. The fraction of sp³-hybridized carbons (Fsp3) is 0.762. The summed E-state index contributed by atoms with van der Waals surface area (Å²) in [5, 5.41) is 3.13. The maximum Gasteiger partial charge on any atom is 2.00 e. The summed E-state index contributed by atoms with van der Waals surface area (Å²) in [5.74, 6) is 0.